The van der Waals surface area contributed by atoms with E-state index < -0.39 is 18.0 Å². The van der Waals surface area contributed by atoms with Gasteiger partial charge in [0.25, 0.3) is 5.56 Å². The maximum Gasteiger partial charge on any atom is 0.341 e. The second kappa shape index (κ2) is 8.98. The molecule has 7 nitrogen and oxygen atoms in total. The first-order chi connectivity index (χ1) is 14.5. The lowest BCUT2D eigenvalue weighted by molar-refractivity contribution is -0.139. The molecule has 0 fully saturated rings. The molecule has 3 aromatic rings. The molecular weight excluding hydrogens is 509 g/mol. The number of hydrogen-bond acceptors (Lipinski definition) is 5. The van der Waals surface area contributed by atoms with Gasteiger partial charge >= 0.3 is 5.97 Å². The van der Waals surface area contributed by atoms with Crippen LogP contribution in [0.4, 0.5) is 0 Å². The molecule has 0 atom stereocenters. The molecule has 0 aliphatic carbocycles. The summed E-state index contributed by atoms with van der Waals surface area (Å²) in [7, 11) is 0. The molecule has 1 heterocycles. The number of rotatable bonds is 5. The second-order valence-corrected chi connectivity index (χ2v) is 9.43. The fraction of sp³-hybridized carbons (Fsp3) is 0.238. The molecule has 0 unspecified atom stereocenters. The molecule has 3 rings (SSSR count). The third-order valence-electron chi connectivity index (χ3n) is 4.16. The molecule has 0 bridgehead atoms. The van der Waals surface area contributed by atoms with Gasteiger partial charge in [-0.1, -0.05) is 59.9 Å². The van der Waals surface area contributed by atoms with E-state index in [-0.39, 0.29) is 21.4 Å². The highest BCUT2D eigenvalue weighted by Crippen LogP contribution is 2.34. The number of carbonyl (C=O) groups is 1. The van der Waals surface area contributed by atoms with Crippen LogP contribution in [0.1, 0.15) is 32.2 Å². The fourth-order valence-electron chi connectivity index (χ4n) is 2.79. The van der Waals surface area contributed by atoms with Crippen LogP contribution in [-0.2, 0) is 10.2 Å². The van der Waals surface area contributed by atoms with Crippen molar-refractivity contribution < 1.29 is 14.6 Å². The zero-order chi connectivity index (χ0) is 22.9. The van der Waals surface area contributed by atoms with Crippen LogP contribution in [0.25, 0.3) is 10.9 Å². The first-order valence-corrected chi connectivity index (χ1v) is 10.6. The number of benzene rings is 2. The average Bonchev–Trinajstić information content (AvgIpc) is 2.66. The maximum absolute atomic E-state index is 13.2. The van der Waals surface area contributed by atoms with Crippen molar-refractivity contribution in [2.24, 2.45) is 5.10 Å². The van der Waals surface area contributed by atoms with E-state index in [9.17, 15) is 9.59 Å². The van der Waals surface area contributed by atoms with Gasteiger partial charge in [-0.05, 0) is 35.9 Å². The highest BCUT2D eigenvalue weighted by atomic mass is 79.9. The van der Waals surface area contributed by atoms with Crippen LogP contribution >= 0.6 is 39.1 Å². The highest BCUT2D eigenvalue weighted by molar-refractivity contribution is 9.10. The van der Waals surface area contributed by atoms with E-state index in [0.717, 1.165) is 4.47 Å². The summed E-state index contributed by atoms with van der Waals surface area (Å²) >= 11 is 15.7. The number of fused-ring (bicyclic) bond motifs is 1. The smallest absolute Gasteiger partial charge is 0.341 e. The number of halogens is 3. The van der Waals surface area contributed by atoms with Crippen LogP contribution in [0, 0.1) is 0 Å². The Morgan fingerprint density at radius 2 is 1.90 bits per heavy atom. The van der Waals surface area contributed by atoms with Gasteiger partial charge in [0.2, 0.25) is 0 Å². The first-order valence-electron chi connectivity index (χ1n) is 9.08. The van der Waals surface area contributed by atoms with Crippen molar-refractivity contribution in [2.45, 2.75) is 26.2 Å². The predicted octanol–water partition coefficient (Wildman–Crippen LogP) is 5.11. The summed E-state index contributed by atoms with van der Waals surface area (Å²) < 4.78 is 7.12. The van der Waals surface area contributed by atoms with E-state index in [1.807, 2.05) is 26.8 Å². The zero-order valence-corrected chi connectivity index (χ0v) is 19.9. The molecule has 10 heteroatoms. The summed E-state index contributed by atoms with van der Waals surface area (Å²) in [4.78, 5) is 28.5. The monoisotopic (exact) mass is 525 g/mol. The Labute approximate surface area is 196 Å². The Morgan fingerprint density at radius 3 is 2.48 bits per heavy atom. The molecule has 0 aliphatic rings. The Hall–Kier alpha value is -2.42. The topological polar surface area (TPSA) is 93.8 Å². The van der Waals surface area contributed by atoms with Crippen molar-refractivity contribution in [3.05, 3.63) is 66.6 Å². The quantitative estimate of drug-likeness (QED) is 0.466. The van der Waals surface area contributed by atoms with Crippen molar-refractivity contribution in [1.82, 2.24) is 9.66 Å². The van der Waals surface area contributed by atoms with Crippen molar-refractivity contribution in [3.63, 3.8) is 0 Å². The maximum atomic E-state index is 13.2. The minimum absolute atomic E-state index is 0.0626. The minimum atomic E-state index is -1.15. The van der Waals surface area contributed by atoms with E-state index >= 15 is 0 Å². The van der Waals surface area contributed by atoms with Crippen LogP contribution in [0.5, 0.6) is 5.75 Å². The lowest BCUT2D eigenvalue weighted by Gasteiger charge is -2.20. The number of carboxylic acid groups (broad SMARTS) is 1. The minimum Gasteiger partial charge on any atom is -0.479 e. The third kappa shape index (κ3) is 5.26. The molecule has 1 N–H and O–H groups in total. The van der Waals surface area contributed by atoms with Crippen LogP contribution in [-0.4, -0.2) is 33.6 Å². The Balaban J connectivity index is 2.09. The van der Waals surface area contributed by atoms with Gasteiger partial charge in [-0.15, -0.1) is 0 Å². The summed E-state index contributed by atoms with van der Waals surface area (Å²) in [6.07, 6.45) is 1.43. The molecule has 0 spiro atoms. The van der Waals surface area contributed by atoms with Crippen LogP contribution in [0.15, 0.2) is 44.7 Å². The van der Waals surface area contributed by atoms with E-state index in [2.05, 4.69) is 26.0 Å². The standard InChI is InChI=1S/C21H18BrCl2N3O4/c1-21(2,3)20-26-16-5-4-12(22)8-13(16)19(30)27(20)25-9-11-6-14(23)18(15(24)7-11)31-10-17(28)29/h4-9H,10H2,1-3H3,(H,28,29). The van der Waals surface area contributed by atoms with Crippen LogP contribution in [0.2, 0.25) is 10.0 Å². The molecular formula is C21H18BrCl2N3O4. The molecule has 162 valence electrons. The Bertz CT molecular complexity index is 1240. The summed E-state index contributed by atoms with van der Waals surface area (Å²) in [6, 6.07) is 8.33. The van der Waals surface area contributed by atoms with Crippen molar-refractivity contribution in [2.75, 3.05) is 6.61 Å². The summed E-state index contributed by atoms with van der Waals surface area (Å²) in [6.45, 7) is 5.24. The summed E-state index contributed by atoms with van der Waals surface area (Å²) in [5.74, 6) is -0.600. The van der Waals surface area contributed by atoms with Gasteiger partial charge in [0.15, 0.2) is 12.4 Å². The second-order valence-electron chi connectivity index (χ2n) is 7.70. The SMILES string of the molecule is CC(C)(C)c1nc2ccc(Br)cc2c(=O)n1N=Cc1cc(Cl)c(OCC(=O)O)c(Cl)c1. The fourth-order valence-corrected chi connectivity index (χ4v) is 3.77. The molecule has 0 amide bonds. The van der Waals surface area contributed by atoms with Crippen LogP contribution < -0.4 is 10.3 Å². The average molecular weight is 527 g/mol. The van der Waals surface area contributed by atoms with Crippen molar-refractivity contribution in [1.29, 1.82) is 0 Å². The molecule has 0 saturated heterocycles. The van der Waals surface area contributed by atoms with E-state index in [1.54, 1.807) is 12.1 Å². The largest absolute Gasteiger partial charge is 0.479 e. The van der Waals surface area contributed by atoms with E-state index in [1.165, 1.54) is 23.0 Å². The van der Waals surface area contributed by atoms with Gasteiger partial charge in [0, 0.05) is 9.89 Å². The van der Waals surface area contributed by atoms with Gasteiger partial charge < -0.3 is 9.84 Å². The molecule has 31 heavy (non-hydrogen) atoms. The van der Waals surface area contributed by atoms with Gasteiger partial charge in [-0.25, -0.2) is 9.78 Å². The van der Waals surface area contributed by atoms with Crippen LogP contribution in [0.3, 0.4) is 0 Å². The number of aliphatic carboxylic acids is 1. The van der Waals surface area contributed by atoms with E-state index in [4.69, 9.17) is 33.0 Å². The van der Waals surface area contributed by atoms with Gasteiger partial charge in [-0.3, -0.25) is 4.79 Å². The first kappa shape index (κ1) is 23.2. The third-order valence-corrected chi connectivity index (χ3v) is 5.22. The molecule has 0 radical (unpaired) electrons. The van der Waals surface area contributed by atoms with E-state index in [0.29, 0.717) is 22.3 Å². The Morgan fingerprint density at radius 1 is 1.26 bits per heavy atom. The lowest BCUT2D eigenvalue weighted by atomic mass is 9.95. The van der Waals surface area contributed by atoms with Gasteiger partial charge in [0.05, 0.1) is 27.2 Å². The van der Waals surface area contributed by atoms with Gasteiger partial charge in [0.1, 0.15) is 5.82 Å². The van der Waals surface area contributed by atoms with Crippen molar-refractivity contribution in [3.8, 4) is 5.75 Å². The van der Waals surface area contributed by atoms with Gasteiger partial charge in [-0.2, -0.15) is 9.78 Å². The molecule has 1 aromatic heterocycles. The number of ether oxygens (including phenoxy) is 1. The molecule has 0 saturated carbocycles. The molecule has 0 aliphatic heterocycles. The number of carboxylic acids is 1. The van der Waals surface area contributed by atoms with Crippen molar-refractivity contribution >= 4 is 62.2 Å². The summed E-state index contributed by atoms with van der Waals surface area (Å²) in [5.41, 5.74) is 0.308. The number of nitrogens with zero attached hydrogens (tertiary/aromatic N) is 3. The number of aromatic nitrogens is 2. The lowest BCUT2D eigenvalue weighted by Crippen LogP contribution is -2.29. The normalized spacial score (nSPS) is 11.9. The zero-order valence-electron chi connectivity index (χ0n) is 16.8. The Kier molecular flexibility index (Phi) is 6.73. The molecule has 2 aromatic carbocycles. The number of hydrogen-bond donors (Lipinski definition) is 1. The summed E-state index contributed by atoms with van der Waals surface area (Å²) in [5, 5.41) is 13.8. The predicted molar refractivity (Wildman–Crippen MR) is 125 cm³/mol. The highest BCUT2D eigenvalue weighted by Gasteiger charge is 2.23.